The lowest BCUT2D eigenvalue weighted by molar-refractivity contribution is -0.137. The van der Waals surface area contributed by atoms with E-state index in [1.807, 2.05) is 46.9 Å². The number of imidazole rings is 1. The fourth-order valence-corrected chi connectivity index (χ4v) is 2.65. The second-order valence-corrected chi connectivity index (χ2v) is 5.57. The topological polar surface area (TPSA) is 28.7 Å². The zero-order chi connectivity index (χ0) is 14.3. The second kappa shape index (κ2) is 4.76. The van der Waals surface area contributed by atoms with E-state index in [9.17, 15) is 13.2 Å². The van der Waals surface area contributed by atoms with E-state index in [2.05, 4.69) is 9.97 Å². The first-order chi connectivity index (χ1) is 9.43. The summed E-state index contributed by atoms with van der Waals surface area (Å²) < 4.78 is 39.0. The molecule has 1 aromatic heterocycles. The van der Waals surface area contributed by atoms with Crippen molar-refractivity contribution in [1.29, 1.82) is 0 Å². The first-order valence-corrected chi connectivity index (χ1v) is 6.84. The summed E-state index contributed by atoms with van der Waals surface area (Å²) >= 11 is 1.87. The van der Waals surface area contributed by atoms with Crippen molar-refractivity contribution in [3.8, 4) is 11.4 Å². The smallest absolute Gasteiger partial charge is 0.338 e. The van der Waals surface area contributed by atoms with Gasteiger partial charge in [0.25, 0.3) is 0 Å². The normalized spacial score (nSPS) is 12.0. The summed E-state index contributed by atoms with van der Waals surface area (Å²) in [5.74, 6) is 0.440. The van der Waals surface area contributed by atoms with Crippen LogP contribution >= 0.6 is 22.6 Å². The Hall–Kier alpha value is -1.57. The van der Waals surface area contributed by atoms with Gasteiger partial charge in [-0.25, -0.2) is 4.98 Å². The summed E-state index contributed by atoms with van der Waals surface area (Å²) in [6.07, 6.45) is -4.36. The van der Waals surface area contributed by atoms with Crippen LogP contribution < -0.4 is 0 Å². The number of fused-ring (bicyclic) bond motifs is 1. The lowest BCUT2D eigenvalue weighted by atomic mass is 10.1. The van der Waals surface area contributed by atoms with Crippen LogP contribution in [0.5, 0.6) is 0 Å². The average molecular weight is 388 g/mol. The molecule has 6 heteroatoms. The SMILES string of the molecule is FC(F)(F)c1cc(I)cc(-c2nc3ccccc3[nH]2)c1. The second-order valence-electron chi connectivity index (χ2n) is 4.33. The van der Waals surface area contributed by atoms with Gasteiger partial charge >= 0.3 is 6.18 Å². The minimum atomic E-state index is -4.36. The van der Waals surface area contributed by atoms with E-state index in [1.165, 1.54) is 0 Å². The van der Waals surface area contributed by atoms with Crippen LogP contribution in [-0.2, 0) is 6.18 Å². The van der Waals surface area contributed by atoms with E-state index >= 15 is 0 Å². The van der Waals surface area contributed by atoms with E-state index in [0.717, 1.165) is 23.2 Å². The maximum atomic E-state index is 12.8. The van der Waals surface area contributed by atoms with Crippen LogP contribution in [0.15, 0.2) is 42.5 Å². The summed E-state index contributed by atoms with van der Waals surface area (Å²) in [5.41, 5.74) is 1.30. The van der Waals surface area contributed by atoms with Crippen LogP contribution in [0.2, 0.25) is 0 Å². The van der Waals surface area contributed by atoms with Crippen LogP contribution in [0.25, 0.3) is 22.4 Å². The molecule has 0 spiro atoms. The zero-order valence-corrected chi connectivity index (χ0v) is 12.2. The largest absolute Gasteiger partial charge is 0.416 e. The van der Waals surface area contributed by atoms with Crippen molar-refractivity contribution in [1.82, 2.24) is 9.97 Å². The minimum absolute atomic E-state index is 0.431. The highest BCUT2D eigenvalue weighted by molar-refractivity contribution is 14.1. The molecule has 0 fully saturated rings. The van der Waals surface area contributed by atoms with Crippen molar-refractivity contribution in [3.05, 3.63) is 51.6 Å². The molecular weight excluding hydrogens is 380 g/mol. The van der Waals surface area contributed by atoms with Crippen LogP contribution in [0, 0.1) is 3.57 Å². The van der Waals surface area contributed by atoms with E-state index in [0.29, 0.717) is 15.0 Å². The van der Waals surface area contributed by atoms with Gasteiger partial charge in [0, 0.05) is 9.13 Å². The van der Waals surface area contributed by atoms with Crippen molar-refractivity contribution in [2.75, 3.05) is 0 Å². The van der Waals surface area contributed by atoms with Gasteiger partial charge < -0.3 is 4.98 Å². The van der Waals surface area contributed by atoms with Crippen molar-refractivity contribution in [2.45, 2.75) is 6.18 Å². The average Bonchev–Trinajstić information content (AvgIpc) is 2.80. The van der Waals surface area contributed by atoms with Crippen molar-refractivity contribution in [3.63, 3.8) is 0 Å². The number of H-pyrrole nitrogens is 1. The van der Waals surface area contributed by atoms with Gasteiger partial charge in [0.05, 0.1) is 16.6 Å². The Balaban J connectivity index is 2.16. The molecule has 2 aromatic carbocycles. The molecule has 1 heterocycles. The number of para-hydroxylation sites is 2. The molecule has 3 rings (SSSR count). The van der Waals surface area contributed by atoms with Gasteiger partial charge in [-0.05, 0) is 52.9 Å². The number of aromatic amines is 1. The fourth-order valence-electron chi connectivity index (χ4n) is 1.98. The molecule has 0 aliphatic carbocycles. The minimum Gasteiger partial charge on any atom is -0.338 e. The Labute approximate surface area is 126 Å². The van der Waals surface area contributed by atoms with Crippen LogP contribution in [0.1, 0.15) is 5.56 Å². The van der Waals surface area contributed by atoms with Crippen molar-refractivity contribution in [2.24, 2.45) is 0 Å². The number of halogens is 4. The Bertz CT molecular complexity index is 744. The molecule has 0 saturated heterocycles. The Morgan fingerprint density at radius 3 is 2.50 bits per heavy atom. The number of hydrogen-bond acceptors (Lipinski definition) is 1. The lowest BCUT2D eigenvalue weighted by Gasteiger charge is -2.08. The Morgan fingerprint density at radius 1 is 1.05 bits per heavy atom. The fraction of sp³-hybridized carbons (Fsp3) is 0.0714. The predicted octanol–water partition coefficient (Wildman–Crippen LogP) is 4.85. The third-order valence-corrected chi connectivity index (χ3v) is 3.51. The molecule has 0 amide bonds. The predicted molar refractivity (Wildman–Crippen MR) is 79.2 cm³/mol. The summed E-state index contributed by atoms with van der Waals surface area (Å²) in [7, 11) is 0. The highest BCUT2D eigenvalue weighted by Crippen LogP contribution is 2.33. The van der Waals surface area contributed by atoms with E-state index in [-0.39, 0.29) is 0 Å². The molecule has 1 N–H and O–H groups in total. The molecule has 0 unspecified atom stereocenters. The number of nitrogens with one attached hydrogen (secondary N) is 1. The molecule has 0 bridgehead atoms. The quantitative estimate of drug-likeness (QED) is 0.593. The molecule has 0 aliphatic rings. The maximum Gasteiger partial charge on any atom is 0.416 e. The molecule has 0 saturated carbocycles. The number of hydrogen-bond donors (Lipinski definition) is 1. The zero-order valence-electron chi connectivity index (χ0n) is 10.0. The number of nitrogens with zero attached hydrogens (tertiary/aromatic N) is 1. The molecule has 20 heavy (non-hydrogen) atoms. The Morgan fingerprint density at radius 2 is 1.80 bits per heavy atom. The number of aromatic nitrogens is 2. The van der Waals surface area contributed by atoms with Gasteiger partial charge in [0.1, 0.15) is 5.82 Å². The summed E-state index contributed by atoms with van der Waals surface area (Å²) in [6.45, 7) is 0. The summed E-state index contributed by atoms with van der Waals surface area (Å²) in [5, 5.41) is 0. The number of rotatable bonds is 1. The summed E-state index contributed by atoms with van der Waals surface area (Å²) in [4.78, 5) is 7.36. The van der Waals surface area contributed by atoms with Crippen molar-refractivity contribution >= 4 is 33.6 Å². The van der Waals surface area contributed by atoms with Crippen molar-refractivity contribution < 1.29 is 13.2 Å². The molecule has 0 atom stereocenters. The first kappa shape index (κ1) is 13.4. The molecule has 0 radical (unpaired) electrons. The first-order valence-electron chi connectivity index (χ1n) is 5.76. The molecule has 0 aliphatic heterocycles. The Kier molecular flexibility index (Phi) is 3.19. The highest BCUT2D eigenvalue weighted by atomic mass is 127. The van der Waals surface area contributed by atoms with Gasteiger partial charge in [-0.15, -0.1) is 0 Å². The van der Waals surface area contributed by atoms with Crippen LogP contribution in [0.3, 0.4) is 0 Å². The van der Waals surface area contributed by atoms with Gasteiger partial charge in [0.2, 0.25) is 0 Å². The molecule has 2 nitrogen and oxygen atoms in total. The number of benzene rings is 2. The van der Waals surface area contributed by atoms with Gasteiger partial charge in [0.15, 0.2) is 0 Å². The van der Waals surface area contributed by atoms with Gasteiger partial charge in [-0.2, -0.15) is 13.2 Å². The van der Waals surface area contributed by atoms with E-state index < -0.39 is 11.7 Å². The molecule has 102 valence electrons. The van der Waals surface area contributed by atoms with Crippen LogP contribution in [0.4, 0.5) is 13.2 Å². The van der Waals surface area contributed by atoms with E-state index in [4.69, 9.17) is 0 Å². The highest BCUT2D eigenvalue weighted by Gasteiger charge is 2.31. The molecule has 3 aromatic rings. The lowest BCUT2D eigenvalue weighted by Crippen LogP contribution is -2.05. The third kappa shape index (κ3) is 2.52. The van der Waals surface area contributed by atoms with Crippen LogP contribution in [-0.4, -0.2) is 9.97 Å². The molecular formula is C14H8F3IN2. The number of alkyl halides is 3. The third-order valence-electron chi connectivity index (χ3n) is 2.89. The monoisotopic (exact) mass is 388 g/mol. The summed E-state index contributed by atoms with van der Waals surface area (Å²) in [6, 6.07) is 11.2. The maximum absolute atomic E-state index is 12.8. The van der Waals surface area contributed by atoms with Gasteiger partial charge in [-0.1, -0.05) is 12.1 Å². The standard InChI is InChI=1S/C14H8F3IN2/c15-14(16,17)9-5-8(6-10(18)7-9)13-19-11-3-1-2-4-12(11)20-13/h1-7H,(H,19,20). The van der Waals surface area contributed by atoms with Gasteiger partial charge in [-0.3, -0.25) is 0 Å². The van der Waals surface area contributed by atoms with E-state index in [1.54, 1.807) is 6.07 Å².